The molecule has 0 fully saturated rings. The summed E-state index contributed by atoms with van der Waals surface area (Å²) in [4.78, 5) is 24.3. The number of halogens is 3. The number of hydrogen-bond acceptors (Lipinski definition) is 5. The molecule has 0 aliphatic rings. The Morgan fingerprint density at radius 3 is 2.44 bits per heavy atom. The monoisotopic (exact) mass is 402 g/mol. The molecule has 6 nitrogen and oxygen atoms in total. The lowest BCUT2D eigenvalue weighted by Gasteiger charge is -2.15. The number of nitrogen functional groups attached to an aromatic ring is 1. The molecule has 1 unspecified atom stereocenters. The number of carbonyl (C=O) groups is 2. The standard InChI is InChI=1S/C16H13Cl3N2O4/c1-7(25-16(24)9-4-8(22)2-3-13(9)20)15(23)21-14-6-11(18)10(17)5-12(14)19/h2-7,22H,20H2,1H3,(H,21,23). The Hall–Kier alpha value is -2.15. The lowest BCUT2D eigenvalue weighted by Crippen LogP contribution is -2.30. The molecule has 4 N–H and O–H groups in total. The summed E-state index contributed by atoms with van der Waals surface area (Å²) in [6.45, 7) is 1.37. The van der Waals surface area contributed by atoms with Crippen molar-refractivity contribution in [3.05, 3.63) is 51.0 Å². The molecule has 0 saturated heterocycles. The number of rotatable bonds is 4. The van der Waals surface area contributed by atoms with Crippen LogP contribution in [0.5, 0.6) is 5.75 Å². The Bertz CT molecular complexity index is 842. The normalized spacial score (nSPS) is 11.7. The van der Waals surface area contributed by atoms with Crippen LogP contribution in [0.4, 0.5) is 11.4 Å². The molecule has 132 valence electrons. The summed E-state index contributed by atoms with van der Waals surface area (Å²) in [5, 5.41) is 12.5. The van der Waals surface area contributed by atoms with Crippen molar-refractivity contribution in [2.24, 2.45) is 0 Å². The number of anilines is 2. The molecule has 0 heterocycles. The number of carbonyl (C=O) groups excluding carboxylic acids is 2. The zero-order chi connectivity index (χ0) is 18.7. The van der Waals surface area contributed by atoms with Crippen LogP contribution in [0.15, 0.2) is 30.3 Å². The van der Waals surface area contributed by atoms with Gasteiger partial charge in [0.25, 0.3) is 5.91 Å². The van der Waals surface area contributed by atoms with Crippen molar-refractivity contribution in [1.29, 1.82) is 0 Å². The van der Waals surface area contributed by atoms with Gasteiger partial charge in [0.1, 0.15) is 5.75 Å². The van der Waals surface area contributed by atoms with E-state index in [1.165, 1.54) is 31.2 Å². The molecule has 25 heavy (non-hydrogen) atoms. The van der Waals surface area contributed by atoms with E-state index in [1.54, 1.807) is 0 Å². The predicted octanol–water partition coefficient (Wildman–Crippen LogP) is 4.12. The first kappa shape index (κ1) is 19.2. The van der Waals surface area contributed by atoms with E-state index in [-0.39, 0.29) is 37.8 Å². The van der Waals surface area contributed by atoms with E-state index in [4.69, 9.17) is 45.3 Å². The quantitative estimate of drug-likeness (QED) is 0.308. The third-order valence-corrected chi connectivity index (χ3v) is 4.21. The van der Waals surface area contributed by atoms with Crippen LogP contribution in [0, 0.1) is 0 Å². The highest BCUT2D eigenvalue weighted by Gasteiger charge is 2.22. The molecule has 0 spiro atoms. The van der Waals surface area contributed by atoms with Crippen LogP contribution in [0.1, 0.15) is 17.3 Å². The number of aromatic hydroxyl groups is 1. The fraction of sp³-hybridized carbons (Fsp3) is 0.125. The number of amides is 1. The van der Waals surface area contributed by atoms with Gasteiger partial charge in [-0.15, -0.1) is 0 Å². The Morgan fingerprint density at radius 2 is 1.76 bits per heavy atom. The topological polar surface area (TPSA) is 102 Å². The molecule has 0 aliphatic carbocycles. The number of phenols is 1. The predicted molar refractivity (Wildman–Crippen MR) is 97.5 cm³/mol. The van der Waals surface area contributed by atoms with E-state index < -0.39 is 18.0 Å². The number of hydrogen-bond donors (Lipinski definition) is 3. The Labute approximate surface area is 158 Å². The van der Waals surface area contributed by atoms with Gasteiger partial charge in [-0.1, -0.05) is 34.8 Å². The lowest BCUT2D eigenvalue weighted by molar-refractivity contribution is -0.123. The van der Waals surface area contributed by atoms with E-state index >= 15 is 0 Å². The average molecular weight is 404 g/mol. The second-order valence-corrected chi connectivity index (χ2v) is 6.28. The molecule has 0 bridgehead atoms. The molecule has 2 rings (SSSR count). The highest BCUT2D eigenvalue weighted by atomic mass is 35.5. The molecule has 9 heteroatoms. The first-order valence-corrected chi connectivity index (χ1v) is 8.07. The average Bonchev–Trinajstić information content (AvgIpc) is 2.54. The number of esters is 1. The smallest absolute Gasteiger partial charge is 0.341 e. The number of ether oxygens (including phenoxy) is 1. The molecular weight excluding hydrogens is 391 g/mol. The van der Waals surface area contributed by atoms with Gasteiger partial charge < -0.3 is 20.9 Å². The SMILES string of the molecule is CC(OC(=O)c1cc(O)ccc1N)C(=O)Nc1cc(Cl)c(Cl)cc1Cl. The van der Waals surface area contributed by atoms with E-state index in [1.807, 2.05) is 0 Å². The summed E-state index contributed by atoms with van der Waals surface area (Å²) >= 11 is 17.7. The van der Waals surface area contributed by atoms with E-state index in [2.05, 4.69) is 5.32 Å². The third kappa shape index (κ3) is 4.69. The second-order valence-electron chi connectivity index (χ2n) is 5.05. The number of phenolic OH excluding ortho intramolecular Hbond substituents is 1. The molecule has 0 aromatic heterocycles. The number of benzene rings is 2. The van der Waals surface area contributed by atoms with Crippen LogP contribution in [0.3, 0.4) is 0 Å². The minimum absolute atomic E-state index is 0.0489. The van der Waals surface area contributed by atoms with Crippen LogP contribution in [-0.4, -0.2) is 23.1 Å². The lowest BCUT2D eigenvalue weighted by atomic mass is 10.1. The summed E-state index contributed by atoms with van der Waals surface area (Å²) in [6, 6.07) is 6.59. The van der Waals surface area contributed by atoms with E-state index in [0.717, 1.165) is 6.07 Å². The second kappa shape index (κ2) is 7.82. The van der Waals surface area contributed by atoms with Gasteiger partial charge in [-0.05, 0) is 37.3 Å². The fourth-order valence-corrected chi connectivity index (χ4v) is 2.45. The van der Waals surface area contributed by atoms with Crippen LogP contribution in [0.25, 0.3) is 0 Å². The van der Waals surface area contributed by atoms with Crippen LogP contribution in [0.2, 0.25) is 15.1 Å². The Kier molecular flexibility index (Phi) is 6.00. The maximum Gasteiger partial charge on any atom is 0.341 e. The van der Waals surface area contributed by atoms with Crippen LogP contribution >= 0.6 is 34.8 Å². The molecule has 1 amide bonds. The summed E-state index contributed by atoms with van der Waals surface area (Å²) in [5.74, 6) is -1.63. The fourth-order valence-electron chi connectivity index (χ4n) is 1.85. The van der Waals surface area contributed by atoms with Gasteiger partial charge in [0.05, 0.1) is 26.3 Å². The summed E-state index contributed by atoms with van der Waals surface area (Å²) in [5.41, 5.74) is 5.95. The molecule has 1 atom stereocenters. The van der Waals surface area contributed by atoms with E-state index in [0.29, 0.717) is 0 Å². The van der Waals surface area contributed by atoms with Gasteiger partial charge in [0, 0.05) is 5.69 Å². The molecule has 0 radical (unpaired) electrons. The van der Waals surface area contributed by atoms with Crippen LogP contribution in [-0.2, 0) is 9.53 Å². The Balaban J connectivity index is 2.09. The number of nitrogens with one attached hydrogen (secondary N) is 1. The molecule has 2 aromatic rings. The maximum absolute atomic E-state index is 12.2. The van der Waals surface area contributed by atoms with Crippen molar-refractivity contribution in [2.45, 2.75) is 13.0 Å². The zero-order valence-corrected chi connectivity index (χ0v) is 15.1. The summed E-state index contributed by atoms with van der Waals surface area (Å²) in [6.07, 6.45) is -1.15. The minimum Gasteiger partial charge on any atom is -0.508 e. The summed E-state index contributed by atoms with van der Waals surface area (Å²) in [7, 11) is 0. The first-order valence-electron chi connectivity index (χ1n) is 6.94. The van der Waals surface area contributed by atoms with Gasteiger partial charge >= 0.3 is 5.97 Å². The molecule has 2 aromatic carbocycles. The van der Waals surface area contributed by atoms with Gasteiger partial charge in [-0.3, -0.25) is 4.79 Å². The van der Waals surface area contributed by atoms with Crippen molar-refractivity contribution in [3.8, 4) is 5.75 Å². The largest absolute Gasteiger partial charge is 0.508 e. The van der Waals surface area contributed by atoms with Crippen molar-refractivity contribution < 1.29 is 19.4 Å². The molecule has 0 saturated carbocycles. The Morgan fingerprint density at radius 1 is 1.12 bits per heavy atom. The van der Waals surface area contributed by atoms with Gasteiger partial charge in [-0.25, -0.2) is 4.79 Å². The summed E-state index contributed by atoms with van der Waals surface area (Å²) < 4.78 is 5.06. The highest BCUT2D eigenvalue weighted by Crippen LogP contribution is 2.32. The zero-order valence-electron chi connectivity index (χ0n) is 12.8. The van der Waals surface area contributed by atoms with Crippen molar-refractivity contribution >= 4 is 58.1 Å². The van der Waals surface area contributed by atoms with Crippen molar-refractivity contribution in [3.63, 3.8) is 0 Å². The van der Waals surface area contributed by atoms with Crippen molar-refractivity contribution in [2.75, 3.05) is 11.1 Å². The molecular formula is C16H13Cl3N2O4. The van der Waals surface area contributed by atoms with Gasteiger partial charge in [0.15, 0.2) is 6.10 Å². The van der Waals surface area contributed by atoms with E-state index in [9.17, 15) is 14.7 Å². The number of nitrogens with two attached hydrogens (primary N) is 1. The van der Waals surface area contributed by atoms with Gasteiger partial charge in [0.2, 0.25) is 0 Å². The highest BCUT2D eigenvalue weighted by molar-refractivity contribution is 6.44. The minimum atomic E-state index is -1.15. The molecule has 0 aliphatic heterocycles. The first-order chi connectivity index (χ1) is 11.7. The third-order valence-electron chi connectivity index (χ3n) is 3.18. The van der Waals surface area contributed by atoms with Crippen molar-refractivity contribution in [1.82, 2.24) is 0 Å². The van der Waals surface area contributed by atoms with Gasteiger partial charge in [-0.2, -0.15) is 0 Å². The van der Waals surface area contributed by atoms with Crippen LogP contribution < -0.4 is 11.1 Å². The maximum atomic E-state index is 12.2.